The van der Waals surface area contributed by atoms with Crippen molar-refractivity contribution in [1.82, 2.24) is 30.3 Å². The average molecular weight is 547 g/mol. The molecule has 31 heavy (non-hydrogen) atoms. The van der Waals surface area contributed by atoms with E-state index in [1.54, 1.807) is 11.2 Å². The van der Waals surface area contributed by atoms with E-state index in [9.17, 15) is 4.79 Å². The van der Waals surface area contributed by atoms with Crippen LogP contribution in [0.3, 0.4) is 0 Å². The molecular weight excluding hydrogens is 509 g/mol. The second-order valence-electron chi connectivity index (χ2n) is 8.11. The Labute approximate surface area is 202 Å². The number of ether oxygens (including phenoxy) is 1. The maximum Gasteiger partial charge on any atom is 0.409 e. The van der Waals surface area contributed by atoms with Crippen molar-refractivity contribution in [2.24, 2.45) is 4.99 Å². The summed E-state index contributed by atoms with van der Waals surface area (Å²) < 4.78 is 7.19. The molecule has 1 aromatic rings. The van der Waals surface area contributed by atoms with Crippen molar-refractivity contribution in [2.75, 3.05) is 26.2 Å². The molecule has 1 aromatic heterocycles. The third-order valence-corrected chi connectivity index (χ3v) is 5.93. The van der Waals surface area contributed by atoms with Crippen molar-refractivity contribution in [2.45, 2.75) is 83.8 Å². The molecule has 1 aliphatic carbocycles. The molecule has 2 heterocycles. The molecular formula is C21H38IN7O2. The predicted octanol–water partition coefficient (Wildman–Crippen LogP) is 2.95. The minimum Gasteiger partial charge on any atom is -0.450 e. The topological polar surface area (TPSA) is 96.7 Å². The summed E-state index contributed by atoms with van der Waals surface area (Å²) in [7, 11) is 0. The quantitative estimate of drug-likeness (QED) is 0.310. The van der Waals surface area contributed by atoms with E-state index in [-0.39, 0.29) is 30.1 Å². The molecule has 1 aliphatic heterocycles. The summed E-state index contributed by atoms with van der Waals surface area (Å²) in [5.41, 5.74) is 0. The number of likely N-dealkylation sites (tertiary alicyclic amines) is 1. The van der Waals surface area contributed by atoms with Crippen LogP contribution in [0.2, 0.25) is 0 Å². The van der Waals surface area contributed by atoms with Gasteiger partial charge in [-0.3, -0.25) is 4.99 Å². The van der Waals surface area contributed by atoms with Crippen LogP contribution in [0, 0.1) is 0 Å². The molecule has 10 heteroatoms. The summed E-state index contributed by atoms with van der Waals surface area (Å²) in [6.45, 7) is 7.23. The highest BCUT2D eigenvalue weighted by Crippen LogP contribution is 2.17. The lowest BCUT2D eigenvalue weighted by Gasteiger charge is -2.33. The van der Waals surface area contributed by atoms with Gasteiger partial charge in [-0.25, -0.2) is 4.79 Å². The molecule has 1 saturated heterocycles. The van der Waals surface area contributed by atoms with Gasteiger partial charge in [0, 0.05) is 38.1 Å². The zero-order valence-electron chi connectivity index (χ0n) is 18.9. The Bertz CT molecular complexity index is 683. The first-order valence-corrected chi connectivity index (χ1v) is 11.6. The number of nitrogens with one attached hydrogen (secondary N) is 2. The Morgan fingerprint density at radius 3 is 2.45 bits per heavy atom. The van der Waals surface area contributed by atoms with Gasteiger partial charge in [-0.15, -0.1) is 34.2 Å². The Morgan fingerprint density at radius 1 is 1.13 bits per heavy atom. The van der Waals surface area contributed by atoms with Crippen LogP contribution in [0.15, 0.2) is 11.3 Å². The van der Waals surface area contributed by atoms with E-state index in [0.717, 1.165) is 37.6 Å². The molecule has 2 N–H and O–H groups in total. The number of halogens is 1. The lowest BCUT2D eigenvalue weighted by molar-refractivity contribution is 0.0963. The van der Waals surface area contributed by atoms with Crippen LogP contribution < -0.4 is 10.6 Å². The van der Waals surface area contributed by atoms with Crippen molar-refractivity contribution in [3.8, 4) is 0 Å². The number of hydrogen-bond donors (Lipinski definition) is 2. The largest absolute Gasteiger partial charge is 0.450 e. The van der Waals surface area contributed by atoms with Gasteiger partial charge in [0.2, 0.25) is 0 Å². The Hall–Kier alpha value is -1.59. The van der Waals surface area contributed by atoms with Gasteiger partial charge in [-0.2, -0.15) is 0 Å². The fourth-order valence-electron chi connectivity index (χ4n) is 4.20. The molecule has 176 valence electrons. The summed E-state index contributed by atoms with van der Waals surface area (Å²) in [5.74, 6) is 1.88. The second kappa shape index (κ2) is 13.7. The highest BCUT2D eigenvalue weighted by molar-refractivity contribution is 14.0. The summed E-state index contributed by atoms with van der Waals surface area (Å²) >= 11 is 0. The molecule has 0 spiro atoms. The smallest absolute Gasteiger partial charge is 0.409 e. The summed E-state index contributed by atoms with van der Waals surface area (Å²) in [6, 6.07) is 0.803. The van der Waals surface area contributed by atoms with Gasteiger partial charge >= 0.3 is 6.09 Å². The fraction of sp³-hybridized carbons (Fsp3) is 0.810. The van der Waals surface area contributed by atoms with Gasteiger partial charge in [0.15, 0.2) is 5.96 Å². The summed E-state index contributed by atoms with van der Waals surface area (Å²) in [4.78, 5) is 18.6. The monoisotopic (exact) mass is 547 g/mol. The first kappa shape index (κ1) is 25.7. The molecule has 1 amide bonds. The van der Waals surface area contributed by atoms with Crippen LogP contribution in [0.25, 0.3) is 0 Å². The lowest BCUT2D eigenvalue weighted by Crippen LogP contribution is -2.52. The molecule has 2 aliphatic rings. The maximum atomic E-state index is 11.9. The molecule has 3 rings (SSSR count). The normalized spacial score (nSPS) is 18.4. The molecule has 0 aromatic carbocycles. The van der Waals surface area contributed by atoms with Crippen molar-refractivity contribution in [3.05, 3.63) is 12.2 Å². The van der Waals surface area contributed by atoms with Crippen LogP contribution in [-0.2, 0) is 17.7 Å². The number of aromatic nitrogens is 3. The van der Waals surface area contributed by atoms with E-state index in [1.807, 2.05) is 6.92 Å². The maximum absolute atomic E-state index is 11.9. The number of hydrogen-bond acceptors (Lipinski definition) is 5. The number of rotatable bonds is 7. The molecule has 0 unspecified atom stereocenters. The Balaban J connectivity index is 0.00000341. The van der Waals surface area contributed by atoms with Gasteiger partial charge < -0.3 is 24.8 Å². The number of carbonyl (C=O) groups excluding carboxylic acids is 1. The zero-order chi connectivity index (χ0) is 21.2. The summed E-state index contributed by atoms with van der Waals surface area (Å²) in [5, 5.41) is 15.4. The van der Waals surface area contributed by atoms with Gasteiger partial charge in [-0.1, -0.05) is 26.2 Å². The average Bonchev–Trinajstić information content (AvgIpc) is 3.22. The van der Waals surface area contributed by atoms with Crippen LogP contribution in [-0.4, -0.2) is 70.0 Å². The molecule has 2 fully saturated rings. The number of aryl methyl sites for hydroxylation is 1. The number of aliphatic imine (C=N–C) groups is 1. The standard InChI is InChI=1S/C21H37N7O2.HI/c1-3-19-26-23-16-28(19)15-12-22-20(24-17-8-6-5-7-9-17)25-18-10-13-27(14-11-18)21(29)30-4-2;/h16-18H,3-15H2,1-2H3,(H2,22,24,25);1H. The third-order valence-electron chi connectivity index (χ3n) is 5.93. The molecule has 1 saturated carbocycles. The molecule has 0 atom stereocenters. The van der Waals surface area contributed by atoms with Crippen molar-refractivity contribution in [3.63, 3.8) is 0 Å². The van der Waals surface area contributed by atoms with E-state index in [2.05, 4.69) is 32.3 Å². The first-order valence-electron chi connectivity index (χ1n) is 11.6. The van der Waals surface area contributed by atoms with E-state index < -0.39 is 0 Å². The van der Waals surface area contributed by atoms with Gasteiger partial charge in [0.1, 0.15) is 12.2 Å². The molecule has 9 nitrogen and oxygen atoms in total. The highest BCUT2D eigenvalue weighted by atomic mass is 127. The van der Waals surface area contributed by atoms with Crippen LogP contribution in [0.1, 0.15) is 64.6 Å². The minimum absolute atomic E-state index is 0. The zero-order valence-corrected chi connectivity index (χ0v) is 21.2. The minimum atomic E-state index is -0.203. The lowest BCUT2D eigenvalue weighted by atomic mass is 9.96. The number of amides is 1. The van der Waals surface area contributed by atoms with E-state index in [1.165, 1.54) is 32.1 Å². The third kappa shape index (κ3) is 8.12. The second-order valence-corrected chi connectivity index (χ2v) is 8.11. The Morgan fingerprint density at radius 2 is 1.81 bits per heavy atom. The first-order chi connectivity index (χ1) is 14.7. The van der Waals surface area contributed by atoms with Crippen LogP contribution in [0.5, 0.6) is 0 Å². The van der Waals surface area contributed by atoms with E-state index in [4.69, 9.17) is 9.73 Å². The summed E-state index contributed by atoms with van der Waals surface area (Å²) in [6.07, 6.45) is 10.5. The number of guanidine groups is 1. The highest BCUT2D eigenvalue weighted by Gasteiger charge is 2.25. The van der Waals surface area contributed by atoms with Gasteiger partial charge in [-0.05, 0) is 32.6 Å². The molecule has 0 radical (unpaired) electrons. The number of carbonyl (C=O) groups is 1. The van der Waals surface area contributed by atoms with Crippen molar-refractivity contribution < 1.29 is 9.53 Å². The Kier molecular flexibility index (Phi) is 11.4. The van der Waals surface area contributed by atoms with Gasteiger partial charge in [0.25, 0.3) is 0 Å². The molecule has 0 bridgehead atoms. The van der Waals surface area contributed by atoms with Crippen molar-refractivity contribution >= 4 is 36.0 Å². The van der Waals surface area contributed by atoms with Crippen LogP contribution >= 0.6 is 24.0 Å². The van der Waals surface area contributed by atoms with Gasteiger partial charge in [0.05, 0.1) is 13.2 Å². The number of piperidine rings is 1. The van der Waals surface area contributed by atoms with E-state index >= 15 is 0 Å². The number of nitrogens with zero attached hydrogens (tertiary/aromatic N) is 5. The fourth-order valence-corrected chi connectivity index (χ4v) is 4.20. The SMILES string of the molecule is CCOC(=O)N1CCC(NC(=NCCn2cnnc2CC)NC2CCCCC2)CC1.I. The van der Waals surface area contributed by atoms with E-state index in [0.29, 0.717) is 38.3 Å². The van der Waals surface area contributed by atoms with Crippen molar-refractivity contribution in [1.29, 1.82) is 0 Å². The van der Waals surface area contributed by atoms with Crippen LogP contribution in [0.4, 0.5) is 4.79 Å². The predicted molar refractivity (Wildman–Crippen MR) is 132 cm³/mol.